The number of imidazole rings is 2. The van der Waals surface area contributed by atoms with Gasteiger partial charge in [0.25, 0.3) is 5.91 Å². The molecule has 2 aromatic carbocycles. The number of nitrogens with one attached hydrogen (secondary N) is 2. The number of aliphatic hydroxyl groups is 1. The van der Waals surface area contributed by atoms with Crippen molar-refractivity contribution in [2.45, 2.75) is 72.9 Å². The maximum atomic E-state index is 13.3. The summed E-state index contributed by atoms with van der Waals surface area (Å²) in [6.07, 6.45) is 0.257. The topological polar surface area (TPSA) is 196 Å². The van der Waals surface area contributed by atoms with Gasteiger partial charge in [-0.05, 0) is 83.0 Å². The van der Waals surface area contributed by atoms with Crippen molar-refractivity contribution in [2.75, 3.05) is 10.6 Å². The minimum atomic E-state index is -1.08. The van der Waals surface area contributed by atoms with E-state index in [9.17, 15) is 19.8 Å². The lowest BCUT2D eigenvalue weighted by Gasteiger charge is -2.17. The van der Waals surface area contributed by atoms with Crippen LogP contribution in [0.15, 0.2) is 48.5 Å². The third-order valence-corrected chi connectivity index (χ3v) is 8.24. The van der Waals surface area contributed by atoms with Crippen molar-refractivity contribution in [3.63, 3.8) is 0 Å². The molecule has 1 unspecified atom stereocenters. The molecule has 0 fully saturated rings. The molecule has 0 spiro atoms. The van der Waals surface area contributed by atoms with E-state index in [1.165, 1.54) is 0 Å². The Bertz CT molecular complexity index is 2140. The van der Waals surface area contributed by atoms with Crippen LogP contribution in [-0.4, -0.2) is 60.7 Å². The van der Waals surface area contributed by atoms with Gasteiger partial charge in [0.05, 0.1) is 33.6 Å². The summed E-state index contributed by atoms with van der Waals surface area (Å²) in [7, 11) is 0. The van der Waals surface area contributed by atoms with Gasteiger partial charge in [-0.3, -0.25) is 24.3 Å². The Kier molecular flexibility index (Phi) is 8.86. The molecule has 6 N–H and O–H groups in total. The van der Waals surface area contributed by atoms with Gasteiger partial charge < -0.3 is 30.4 Å². The largest absolute Gasteiger partial charge is 0.506 e. The smallest absolute Gasteiger partial charge is 0.276 e. The lowest BCUT2D eigenvalue weighted by atomic mass is 10.2. The van der Waals surface area contributed by atoms with Crippen molar-refractivity contribution in [3.05, 3.63) is 76.9 Å². The number of unbranched alkanes of at least 4 members (excludes halogenated alkanes) is 1. The molecule has 2 amide bonds. The summed E-state index contributed by atoms with van der Waals surface area (Å²) in [6, 6.07) is 13.8. The molecule has 0 saturated carbocycles. The molecule has 0 radical (unpaired) electrons. The van der Waals surface area contributed by atoms with E-state index in [1.54, 1.807) is 45.8 Å². The van der Waals surface area contributed by atoms with Crippen LogP contribution in [0.25, 0.3) is 22.1 Å². The van der Waals surface area contributed by atoms with Gasteiger partial charge in [0, 0.05) is 31.7 Å². The molecule has 6 rings (SSSR count). The van der Waals surface area contributed by atoms with Crippen LogP contribution in [-0.2, 0) is 26.2 Å². The van der Waals surface area contributed by atoms with Crippen LogP contribution in [0.1, 0.15) is 70.8 Å². The van der Waals surface area contributed by atoms with E-state index >= 15 is 0 Å². The number of aromatic hydroxyl groups is 1. The molecule has 4 aromatic heterocycles. The summed E-state index contributed by atoms with van der Waals surface area (Å²) in [6.45, 7) is 9.70. The van der Waals surface area contributed by atoms with Crippen LogP contribution in [0.5, 0.6) is 5.75 Å². The van der Waals surface area contributed by atoms with E-state index in [0.717, 1.165) is 16.9 Å². The summed E-state index contributed by atoms with van der Waals surface area (Å²) in [4.78, 5) is 34.5. The second-order valence-electron chi connectivity index (χ2n) is 11.6. The molecule has 0 saturated heterocycles. The van der Waals surface area contributed by atoms with Gasteiger partial charge in [-0.1, -0.05) is 6.07 Å². The number of nitrogens with two attached hydrogens (primary N) is 1. The van der Waals surface area contributed by atoms with Crippen LogP contribution in [0.2, 0.25) is 0 Å². The number of para-hydroxylation sites is 1. The zero-order valence-electron chi connectivity index (χ0n) is 27.3. The van der Waals surface area contributed by atoms with Gasteiger partial charge >= 0.3 is 0 Å². The van der Waals surface area contributed by atoms with E-state index in [2.05, 4.69) is 25.8 Å². The number of aromatic nitrogens is 8. The molecule has 1 atom stereocenters. The molecule has 0 aliphatic heterocycles. The lowest BCUT2D eigenvalue weighted by Crippen LogP contribution is -2.20. The van der Waals surface area contributed by atoms with Gasteiger partial charge in [0.15, 0.2) is 6.23 Å². The van der Waals surface area contributed by atoms with Crippen molar-refractivity contribution in [3.8, 4) is 5.75 Å². The van der Waals surface area contributed by atoms with Crippen LogP contribution < -0.4 is 16.4 Å². The van der Waals surface area contributed by atoms with Crippen molar-refractivity contribution >= 4 is 45.8 Å². The van der Waals surface area contributed by atoms with Crippen LogP contribution in [0, 0.1) is 13.8 Å². The highest BCUT2D eigenvalue weighted by atomic mass is 16.3. The molecule has 4 heterocycles. The Balaban J connectivity index is 1.25. The fourth-order valence-corrected chi connectivity index (χ4v) is 5.98. The number of anilines is 2. The number of amides is 2. The fourth-order valence-electron chi connectivity index (χ4n) is 5.98. The van der Waals surface area contributed by atoms with Crippen molar-refractivity contribution in [2.24, 2.45) is 5.73 Å². The summed E-state index contributed by atoms with van der Waals surface area (Å²) in [5, 5.41) is 36.6. The Hall–Kier alpha value is -5.70. The number of phenols is 1. The minimum Gasteiger partial charge on any atom is -0.506 e. The second-order valence-corrected chi connectivity index (χ2v) is 11.6. The number of aliphatic hydroxyl groups excluding tert-OH is 1. The molecular formula is C33H39N11O4. The zero-order chi connectivity index (χ0) is 34.1. The number of aryl methyl sites for hydroxylation is 6. The maximum Gasteiger partial charge on any atom is 0.276 e. The monoisotopic (exact) mass is 653 g/mol. The number of benzene rings is 2. The Morgan fingerprint density at radius 2 is 1.56 bits per heavy atom. The molecule has 0 aliphatic rings. The number of primary amides is 1. The van der Waals surface area contributed by atoms with Gasteiger partial charge in [0.2, 0.25) is 17.8 Å². The van der Waals surface area contributed by atoms with Gasteiger partial charge in [-0.2, -0.15) is 10.2 Å². The summed E-state index contributed by atoms with van der Waals surface area (Å²) < 4.78 is 7.20. The number of hydrogen-bond acceptors (Lipinski definition) is 9. The summed E-state index contributed by atoms with van der Waals surface area (Å²) in [5.41, 5.74) is 10.8. The molecular weight excluding hydrogens is 614 g/mol. The quantitative estimate of drug-likeness (QED) is 0.0901. The van der Waals surface area contributed by atoms with Crippen molar-refractivity contribution in [1.29, 1.82) is 0 Å². The first-order valence-corrected chi connectivity index (χ1v) is 15.9. The fraction of sp³-hybridized carbons (Fsp3) is 0.333. The summed E-state index contributed by atoms with van der Waals surface area (Å²) in [5.74, 6) is -0.139. The van der Waals surface area contributed by atoms with Gasteiger partial charge in [-0.15, -0.1) is 0 Å². The number of phenolic OH excluding ortho intramolecular Hbond substituents is 1. The lowest BCUT2D eigenvalue weighted by molar-refractivity contribution is 0.0996. The molecule has 15 nitrogen and oxygen atoms in total. The van der Waals surface area contributed by atoms with Gasteiger partial charge in [0.1, 0.15) is 17.0 Å². The number of nitrogens with zero attached hydrogens (tertiary/aromatic N) is 8. The van der Waals surface area contributed by atoms with E-state index in [-0.39, 0.29) is 11.7 Å². The molecule has 250 valence electrons. The number of fused-ring (bicyclic) bond motifs is 2. The van der Waals surface area contributed by atoms with Crippen molar-refractivity contribution in [1.82, 2.24) is 38.7 Å². The molecule has 15 heteroatoms. The Morgan fingerprint density at radius 1 is 0.875 bits per heavy atom. The summed E-state index contributed by atoms with van der Waals surface area (Å²) >= 11 is 0. The number of rotatable bonds is 13. The van der Waals surface area contributed by atoms with E-state index in [1.807, 2.05) is 49.0 Å². The van der Waals surface area contributed by atoms with E-state index < -0.39 is 12.1 Å². The number of hydrogen-bond donors (Lipinski definition) is 5. The van der Waals surface area contributed by atoms with Crippen LogP contribution in [0.4, 0.5) is 11.9 Å². The third kappa shape index (κ3) is 6.19. The highest BCUT2D eigenvalue weighted by Gasteiger charge is 2.21. The average molecular weight is 654 g/mol. The van der Waals surface area contributed by atoms with E-state index in [4.69, 9.17) is 10.7 Å². The van der Waals surface area contributed by atoms with Crippen LogP contribution in [0.3, 0.4) is 0 Å². The second kappa shape index (κ2) is 13.2. The number of carbonyl (C=O) groups excluding carboxylic acids is 2. The van der Waals surface area contributed by atoms with Gasteiger partial charge in [-0.25, -0.2) is 9.97 Å². The SMILES string of the molecule is CCn1nc(C)cc1C(=O)Nc1nc2c(O)cccc2n1CCCCn1c(NC(O)c2cc(C)nn2CC)nc2cc(C(N)=O)ccc21. The maximum absolute atomic E-state index is 13.3. The third-order valence-electron chi connectivity index (χ3n) is 8.24. The Labute approximate surface area is 276 Å². The Morgan fingerprint density at radius 3 is 2.27 bits per heavy atom. The van der Waals surface area contributed by atoms with E-state index in [0.29, 0.717) is 84.4 Å². The highest BCUT2D eigenvalue weighted by molar-refractivity contribution is 6.03. The molecule has 6 aromatic rings. The zero-order valence-corrected chi connectivity index (χ0v) is 27.3. The molecule has 0 bridgehead atoms. The van der Waals surface area contributed by atoms with Crippen LogP contribution >= 0.6 is 0 Å². The first-order chi connectivity index (χ1) is 23.1. The number of carbonyl (C=O) groups is 2. The first-order valence-electron chi connectivity index (χ1n) is 15.9. The molecule has 48 heavy (non-hydrogen) atoms. The molecule has 0 aliphatic carbocycles. The predicted molar refractivity (Wildman–Crippen MR) is 181 cm³/mol. The average Bonchev–Trinajstić information content (AvgIpc) is 3.82. The normalized spacial score (nSPS) is 12.2. The minimum absolute atomic E-state index is 0.0188. The first kappa shape index (κ1) is 32.2. The predicted octanol–water partition coefficient (Wildman–Crippen LogP) is 4.08. The highest BCUT2D eigenvalue weighted by Crippen LogP contribution is 2.29. The van der Waals surface area contributed by atoms with Crippen molar-refractivity contribution < 1.29 is 19.8 Å². The standard InChI is InChI=1S/C33H39N11O4/c1-5-43-25(16-19(3)39-43)30(47)37-32-35-22-18-21(29(34)46)12-13-23(22)41(32)14-7-8-15-42-24-10-9-11-27(45)28(24)36-33(42)38-31(48)26-17-20(4)40-44(26)6-2/h9-13,16-18,30,45,47H,5-8,14-15H2,1-4H3,(H2,34,46)(H,35,37)(H,36,38,48).